The van der Waals surface area contributed by atoms with Gasteiger partial charge in [-0.25, -0.2) is 0 Å². The molecule has 3 rings (SSSR count). The molecule has 11 heavy (non-hydrogen) atoms. The molecule has 1 heteroatoms. The Balaban J connectivity index is 1.94. The van der Waals surface area contributed by atoms with Gasteiger partial charge in [0.15, 0.2) is 0 Å². The number of fused-ring (bicyclic) bond motifs is 5. The van der Waals surface area contributed by atoms with Crippen LogP contribution in [0.15, 0.2) is 12.2 Å². The summed E-state index contributed by atoms with van der Waals surface area (Å²) in [7, 11) is 0. The second-order valence-corrected chi connectivity index (χ2v) is 4.46. The van der Waals surface area contributed by atoms with Gasteiger partial charge in [-0.05, 0) is 42.9 Å². The van der Waals surface area contributed by atoms with E-state index in [1.54, 1.807) is 0 Å². The van der Waals surface area contributed by atoms with Crippen LogP contribution in [0.5, 0.6) is 0 Å². The van der Waals surface area contributed by atoms with Crippen molar-refractivity contribution >= 4 is 0 Å². The molecular weight excluding hydrogens is 134 g/mol. The SMILES string of the molecule is N[C@@H]1CC2CC1[C@@H]1C=CC[C@H]21. The molecule has 0 aromatic heterocycles. The van der Waals surface area contributed by atoms with Crippen LogP contribution < -0.4 is 5.73 Å². The van der Waals surface area contributed by atoms with E-state index >= 15 is 0 Å². The van der Waals surface area contributed by atoms with E-state index in [1.807, 2.05) is 0 Å². The molecule has 0 aliphatic heterocycles. The van der Waals surface area contributed by atoms with E-state index in [1.165, 1.54) is 19.3 Å². The van der Waals surface area contributed by atoms with Crippen LogP contribution in [0.3, 0.4) is 0 Å². The molecule has 0 aromatic carbocycles. The minimum atomic E-state index is 0.531. The topological polar surface area (TPSA) is 26.0 Å². The molecular formula is C10H15N. The van der Waals surface area contributed by atoms with E-state index in [4.69, 9.17) is 5.73 Å². The maximum atomic E-state index is 6.04. The Morgan fingerprint density at radius 2 is 2.09 bits per heavy atom. The van der Waals surface area contributed by atoms with Crippen molar-refractivity contribution in [3.63, 3.8) is 0 Å². The first-order valence-electron chi connectivity index (χ1n) is 4.78. The lowest BCUT2D eigenvalue weighted by Crippen LogP contribution is -2.34. The molecule has 0 heterocycles. The van der Waals surface area contributed by atoms with Crippen LogP contribution in [-0.2, 0) is 0 Å². The van der Waals surface area contributed by atoms with Crippen molar-refractivity contribution in [1.29, 1.82) is 0 Å². The summed E-state index contributed by atoms with van der Waals surface area (Å²) in [6, 6.07) is 0.531. The van der Waals surface area contributed by atoms with Gasteiger partial charge in [0.25, 0.3) is 0 Å². The molecule has 0 saturated heterocycles. The summed E-state index contributed by atoms with van der Waals surface area (Å²) in [4.78, 5) is 0. The molecule has 3 aliphatic carbocycles. The highest BCUT2D eigenvalue weighted by atomic mass is 14.7. The molecule has 0 amide bonds. The van der Waals surface area contributed by atoms with Gasteiger partial charge in [-0.15, -0.1) is 0 Å². The normalized spacial score (nSPS) is 58.8. The third-order valence-corrected chi connectivity index (χ3v) is 4.06. The second-order valence-electron chi connectivity index (χ2n) is 4.46. The largest absolute Gasteiger partial charge is 0.327 e. The van der Waals surface area contributed by atoms with E-state index < -0.39 is 0 Å². The highest BCUT2D eigenvalue weighted by Gasteiger charge is 2.50. The van der Waals surface area contributed by atoms with Crippen molar-refractivity contribution in [2.45, 2.75) is 25.3 Å². The Morgan fingerprint density at radius 1 is 1.18 bits per heavy atom. The van der Waals surface area contributed by atoms with Gasteiger partial charge < -0.3 is 5.73 Å². The summed E-state index contributed by atoms with van der Waals surface area (Å²) in [6.45, 7) is 0. The van der Waals surface area contributed by atoms with Crippen LogP contribution in [0.2, 0.25) is 0 Å². The molecule has 5 atom stereocenters. The maximum Gasteiger partial charge on any atom is 0.00757 e. The number of hydrogen-bond donors (Lipinski definition) is 1. The molecule has 2 N–H and O–H groups in total. The monoisotopic (exact) mass is 149 g/mol. The predicted octanol–water partition coefficient (Wildman–Crippen LogP) is 1.55. The molecule has 2 saturated carbocycles. The molecule has 3 aliphatic rings. The van der Waals surface area contributed by atoms with Gasteiger partial charge in [-0.1, -0.05) is 12.2 Å². The number of allylic oxidation sites excluding steroid dienone is 2. The summed E-state index contributed by atoms with van der Waals surface area (Å²) in [5.41, 5.74) is 6.04. The van der Waals surface area contributed by atoms with Gasteiger partial charge in [-0.2, -0.15) is 0 Å². The fourth-order valence-electron chi connectivity index (χ4n) is 3.60. The molecule has 1 nitrogen and oxygen atoms in total. The zero-order valence-electron chi connectivity index (χ0n) is 6.74. The summed E-state index contributed by atoms with van der Waals surface area (Å²) < 4.78 is 0. The number of nitrogens with two attached hydrogens (primary N) is 1. The minimum absolute atomic E-state index is 0.531. The van der Waals surface area contributed by atoms with E-state index in [2.05, 4.69) is 12.2 Å². The van der Waals surface area contributed by atoms with Crippen LogP contribution >= 0.6 is 0 Å². The fraction of sp³-hybridized carbons (Fsp3) is 0.800. The molecule has 2 fully saturated rings. The average molecular weight is 149 g/mol. The maximum absolute atomic E-state index is 6.04. The standard InChI is InChI=1S/C10H15N/c11-10-5-6-4-9(10)8-3-1-2-7(6)8/h1,3,6-10H,2,4-5,11H2/t6?,7-,8-,9?,10-/m1/s1. The van der Waals surface area contributed by atoms with Gasteiger partial charge in [0.1, 0.15) is 0 Å². The molecule has 0 radical (unpaired) electrons. The summed E-state index contributed by atoms with van der Waals surface area (Å²) in [5, 5.41) is 0. The van der Waals surface area contributed by atoms with Crippen LogP contribution in [0.1, 0.15) is 19.3 Å². The van der Waals surface area contributed by atoms with Crippen LogP contribution in [0.25, 0.3) is 0 Å². The van der Waals surface area contributed by atoms with E-state index in [0.29, 0.717) is 6.04 Å². The zero-order chi connectivity index (χ0) is 7.42. The Kier molecular flexibility index (Phi) is 1.07. The first-order chi connectivity index (χ1) is 5.36. The minimum Gasteiger partial charge on any atom is -0.327 e. The molecule has 0 spiro atoms. The van der Waals surface area contributed by atoms with Crippen LogP contribution in [0.4, 0.5) is 0 Å². The fourth-order valence-corrected chi connectivity index (χ4v) is 3.60. The first kappa shape index (κ1) is 6.24. The molecule has 2 unspecified atom stereocenters. The van der Waals surface area contributed by atoms with Gasteiger partial charge >= 0.3 is 0 Å². The summed E-state index contributed by atoms with van der Waals surface area (Å²) in [5.74, 6) is 3.71. The first-order valence-corrected chi connectivity index (χ1v) is 4.78. The number of rotatable bonds is 0. The van der Waals surface area contributed by atoms with Crippen LogP contribution in [-0.4, -0.2) is 6.04 Å². The zero-order valence-corrected chi connectivity index (χ0v) is 6.74. The molecule has 60 valence electrons. The van der Waals surface area contributed by atoms with E-state index in [0.717, 1.165) is 23.7 Å². The van der Waals surface area contributed by atoms with Gasteiger partial charge in [-0.3, -0.25) is 0 Å². The second kappa shape index (κ2) is 1.89. The third kappa shape index (κ3) is 0.652. The summed E-state index contributed by atoms with van der Waals surface area (Å²) >= 11 is 0. The quantitative estimate of drug-likeness (QED) is 0.519. The Hall–Kier alpha value is -0.300. The Bertz CT molecular complexity index is 209. The number of hydrogen-bond acceptors (Lipinski definition) is 1. The lowest BCUT2D eigenvalue weighted by Gasteiger charge is -2.28. The van der Waals surface area contributed by atoms with E-state index in [-0.39, 0.29) is 0 Å². The van der Waals surface area contributed by atoms with Gasteiger partial charge in [0.2, 0.25) is 0 Å². The lowest BCUT2D eigenvalue weighted by molar-refractivity contribution is 0.258. The third-order valence-electron chi connectivity index (χ3n) is 4.06. The highest BCUT2D eigenvalue weighted by molar-refractivity contribution is 5.14. The van der Waals surface area contributed by atoms with Gasteiger partial charge in [0.05, 0.1) is 0 Å². The van der Waals surface area contributed by atoms with Crippen molar-refractivity contribution in [2.75, 3.05) is 0 Å². The van der Waals surface area contributed by atoms with Crippen molar-refractivity contribution < 1.29 is 0 Å². The Morgan fingerprint density at radius 3 is 3.00 bits per heavy atom. The predicted molar refractivity (Wildman–Crippen MR) is 44.9 cm³/mol. The van der Waals surface area contributed by atoms with Gasteiger partial charge in [0, 0.05) is 6.04 Å². The molecule has 0 aromatic rings. The average Bonchev–Trinajstić information content (AvgIpc) is 2.52. The van der Waals surface area contributed by atoms with Crippen molar-refractivity contribution in [3.8, 4) is 0 Å². The summed E-state index contributed by atoms with van der Waals surface area (Å²) in [6.07, 6.45) is 8.88. The van der Waals surface area contributed by atoms with Crippen LogP contribution in [0, 0.1) is 23.7 Å². The molecule has 2 bridgehead atoms. The van der Waals surface area contributed by atoms with Crippen molar-refractivity contribution in [1.82, 2.24) is 0 Å². The smallest absolute Gasteiger partial charge is 0.00757 e. The van der Waals surface area contributed by atoms with Crippen molar-refractivity contribution in [2.24, 2.45) is 29.4 Å². The lowest BCUT2D eigenvalue weighted by atomic mass is 9.79. The van der Waals surface area contributed by atoms with Crippen molar-refractivity contribution in [3.05, 3.63) is 12.2 Å². The highest BCUT2D eigenvalue weighted by Crippen LogP contribution is 2.55. The Labute approximate surface area is 67.7 Å². The van der Waals surface area contributed by atoms with E-state index in [9.17, 15) is 0 Å².